The molecular formula is C21H17ClN2O5. The van der Waals surface area contributed by atoms with Crippen LogP contribution in [-0.2, 0) is 9.53 Å². The van der Waals surface area contributed by atoms with Gasteiger partial charge in [0.05, 0.1) is 17.9 Å². The SMILES string of the molecule is CCOc1ccc2oc(C(=O)OCC(=O)Nc3cc(Cl)ccc3C#N)c(C)c2c1. The third-order valence-corrected chi connectivity index (χ3v) is 4.35. The van der Waals surface area contributed by atoms with Crippen LogP contribution in [-0.4, -0.2) is 25.1 Å². The molecule has 2 aromatic carbocycles. The van der Waals surface area contributed by atoms with E-state index in [0.29, 0.717) is 28.5 Å². The van der Waals surface area contributed by atoms with E-state index in [4.69, 9.17) is 30.8 Å². The Morgan fingerprint density at radius 3 is 2.76 bits per heavy atom. The Bertz CT molecular complexity index is 1130. The minimum Gasteiger partial charge on any atom is -0.494 e. The number of rotatable bonds is 6. The van der Waals surface area contributed by atoms with Crippen LogP contribution in [0.1, 0.15) is 28.6 Å². The zero-order valence-corrected chi connectivity index (χ0v) is 16.5. The highest BCUT2D eigenvalue weighted by atomic mass is 35.5. The largest absolute Gasteiger partial charge is 0.494 e. The van der Waals surface area contributed by atoms with Crippen LogP contribution in [0.5, 0.6) is 5.75 Å². The van der Waals surface area contributed by atoms with E-state index < -0.39 is 18.5 Å². The minimum absolute atomic E-state index is 0.0157. The lowest BCUT2D eigenvalue weighted by molar-refractivity contribution is -0.119. The summed E-state index contributed by atoms with van der Waals surface area (Å²) in [7, 11) is 0. The van der Waals surface area contributed by atoms with Crippen molar-refractivity contribution in [1.29, 1.82) is 5.26 Å². The van der Waals surface area contributed by atoms with Crippen LogP contribution in [0.3, 0.4) is 0 Å². The number of hydrogen-bond acceptors (Lipinski definition) is 6. The summed E-state index contributed by atoms with van der Waals surface area (Å²) >= 11 is 5.88. The number of ether oxygens (including phenoxy) is 2. The molecule has 0 unspecified atom stereocenters. The van der Waals surface area contributed by atoms with Crippen LogP contribution < -0.4 is 10.1 Å². The standard InChI is InChI=1S/C21H17ClN2O5/c1-3-27-15-6-7-18-16(9-15)12(2)20(29-18)21(26)28-11-19(25)24-17-8-14(22)5-4-13(17)10-23/h4-9H,3,11H2,1-2H3,(H,24,25). The van der Waals surface area contributed by atoms with Crippen LogP contribution in [0.25, 0.3) is 11.0 Å². The maximum Gasteiger partial charge on any atom is 0.375 e. The predicted molar refractivity (Wildman–Crippen MR) is 107 cm³/mol. The number of anilines is 1. The number of fused-ring (bicyclic) bond motifs is 1. The van der Waals surface area contributed by atoms with Gasteiger partial charge in [-0.05, 0) is 50.2 Å². The highest BCUT2D eigenvalue weighted by molar-refractivity contribution is 6.31. The van der Waals surface area contributed by atoms with Crippen LogP contribution >= 0.6 is 11.6 Å². The Labute approximate surface area is 171 Å². The van der Waals surface area contributed by atoms with E-state index in [2.05, 4.69) is 5.32 Å². The number of nitrogens with one attached hydrogen (secondary N) is 1. The van der Waals surface area contributed by atoms with Crippen molar-refractivity contribution < 1.29 is 23.5 Å². The second-order valence-corrected chi connectivity index (χ2v) is 6.51. The van der Waals surface area contributed by atoms with E-state index in [1.807, 2.05) is 13.0 Å². The average molecular weight is 413 g/mol. The fraction of sp³-hybridized carbons (Fsp3) is 0.190. The smallest absolute Gasteiger partial charge is 0.375 e. The lowest BCUT2D eigenvalue weighted by Crippen LogP contribution is -2.21. The Kier molecular flexibility index (Phi) is 6.05. The molecule has 0 aliphatic rings. The lowest BCUT2D eigenvalue weighted by atomic mass is 10.1. The number of carbonyl (C=O) groups excluding carboxylic acids is 2. The fourth-order valence-electron chi connectivity index (χ4n) is 2.75. The van der Waals surface area contributed by atoms with Gasteiger partial charge in [-0.2, -0.15) is 5.26 Å². The van der Waals surface area contributed by atoms with Gasteiger partial charge in [0.15, 0.2) is 6.61 Å². The maximum atomic E-state index is 12.4. The van der Waals surface area contributed by atoms with Crippen molar-refractivity contribution in [3.8, 4) is 11.8 Å². The third-order valence-electron chi connectivity index (χ3n) is 4.11. The molecule has 1 N–H and O–H groups in total. The average Bonchev–Trinajstić information content (AvgIpc) is 3.03. The van der Waals surface area contributed by atoms with Crippen molar-refractivity contribution in [3.05, 3.63) is 58.3 Å². The first-order valence-electron chi connectivity index (χ1n) is 8.75. The van der Waals surface area contributed by atoms with E-state index in [9.17, 15) is 9.59 Å². The summed E-state index contributed by atoms with van der Waals surface area (Å²) in [5.41, 5.74) is 1.59. The predicted octanol–water partition coefficient (Wildman–Crippen LogP) is 4.46. The molecule has 8 heteroatoms. The molecule has 29 heavy (non-hydrogen) atoms. The Morgan fingerprint density at radius 1 is 1.24 bits per heavy atom. The number of nitriles is 1. The van der Waals surface area contributed by atoms with Crippen molar-refractivity contribution in [2.45, 2.75) is 13.8 Å². The summed E-state index contributed by atoms with van der Waals surface area (Å²) in [6.07, 6.45) is 0. The molecule has 7 nitrogen and oxygen atoms in total. The molecule has 0 radical (unpaired) electrons. The molecule has 0 saturated carbocycles. The van der Waals surface area contributed by atoms with Crippen molar-refractivity contribution in [2.75, 3.05) is 18.5 Å². The number of esters is 1. The Balaban J connectivity index is 1.69. The van der Waals surface area contributed by atoms with Gasteiger partial charge >= 0.3 is 5.97 Å². The zero-order valence-electron chi connectivity index (χ0n) is 15.7. The van der Waals surface area contributed by atoms with E-state index in [1.165, 1.54) is 18.2 Å². The Hall–Kier alpha value is -3.50. The molecule has 0 bridgehead atoms. The van der Waals surface area contributed by atoms with Gasteiger partial charge in [0.25, 0.3) is 5.91 Å². The summed E-state index contributed by atoms with van der Waals surface area (Å²) in [5.74, 6) is -0.692. The summed E-state index contributed by atoms with van der Waals surface area (Å²) < 4.78 is 16.1. The van der Waals surface area contributed by atoms with Gasteiger partial charge in [-0.3, -0.25) is 4.79 Å². The monoisotopic (exact) mass is 412 g/mol. The van der Waals surface area contributed by atoms with Crippen LogP contribution in [0, 0.1) is 18.3 Å². The van der Waals surface area contributed by atoms with Crippen molar-refractivity contribution >= 4 is 40.1 Å². The fourth-order valence-corrected chi connectivity index (χ4v) is 2.92. The van der Waals surface area contributed by atoms with Crippen molar-refractivity contribution in [1.82, 2.24) is 0 Å². The summed E-state index contributed by atoms with van der Waals surface area (Å²) in [6, 6.07) is 11.6. The number of benzene rings is 2. The van der Waals surface area contributed by atoms with Gasteiger partial charge in [0.2, 0.25) is 5.76 Å². The van der Waals surface area contributed by atoms with Gasteiger partial charge < -0.3 is 19.2 Å². The first-order valence-corrected chi connectivity index (χ1v) is 9.13. The van der Waals surface area contributed by atoms with Crippen molar-refractivity contribution in [2.24, 2.45) is 0 Å². The number of furan rings is 1. The highest BCUT2D eigenvalue weighted by Gasteiger charge is 2.21. The summed E-state index contributed by atoms with van der Waals surface area (Å²) in [6.45, 7) is 3.58. The van der Waals surface area contributed by atoms with E-state index in [0.717, 1.165) is 5.39 Å². The number of aryl methyl sites for hydroxylation is 1. The molecule has 3 aromatic rings. The van der Waals surface area contributed by atoms with E-state index in [1.54, 1.807) is 25.1 Å². The van der Waals surface area contributed by atoms with Gasteiger partial charge in [-0.25, -0.2) is 4.79 Å². The van der Waals surface area contributed by atoms with Gasteiger partial charge in [-0.15, -0.1) is 0 Å². The van der Waals surface area contributed by atoms with Gasteiger partial charge in [0, 0.05) is 16.0 Å². The lowest BCUT2D eigenvalue weighted by Gasteiger charge is -2.08. The molecule has 0 atom stereocenters. The topological polar surface area (TPSA) is 102 Å². The number of nitrogens with zero attached hydrogens (tertiary/aromatic N) is 1. The minimum atomic E-state index is -0.765. The van der Waals surface area contributed by atoms with Gasteiger partial charge in [-0.1, -0.05) is 11.6 Å². The molecule has 0 spiro atoms. The van der Waals surface area contributed by atoms with E-state index >= 15 is 0 Å². The molecule has 0 aliphatic carbocycles. The summed E-state index contributed by atoms with van der Waals surface area (Å²) in [4.78, 5) is 24.5. The number of carbonyl (C=O) groups is 2. The first kappa shape index (κ1) is 20.2. The van der Waals surface area contributed by atoms with Crippen LogP contribution in [0.2, 0.25) is 5.02 Å². The molecule has 1 heterocycles. The van der Waals surface area contributed by atoms with Gasteiger partial charge in [0.1, 0.15) is 17.4 Å². The molecule has 1 amide bonds. The number of halogens is 1. The summed E-state index contributed by atoms with van der Waals surface area (Å²) in [5, 5.41) is 12.7. The third kappa shape index (κ3) is 4.50. The quantitative estimate of drug-likeness (QED) is 0.599. The van der Waals surface area contributed by atoms with Crippen LogP contribution in [0.4, 0.5) is 5.69 Å². The number of amides is 1. The molecule has 0 fully saturated rings. The molecule has 0 saturated heterocycles. The molecular weight excluding hydrogens is 396 g/mol. The second kappa shape index (κ2) is 8.67. The maximum absolute atomic E-state index is 12.4. The Morgan fingerprint density at radius 2 is 2.03 bits per heavy atom. The molecule has 1 aromatic heterocycles. The van der Waals surface area contributed by atoms with Crippen molar-refractivity contribution in [3.63, 3.8) is 0 Å². The van der Waals surface area contributed by atoms with Crippen LogP contribution in [0.15, 0.2) is 40.8 Å². The number of hydrogen-bond donors (Lipinski definition) is 1. The van der Waals surface area contributed by atoms with E-state index in [-0.39, 0.29) is 17.0 Å². The first-order chi connectivity index (χ1) is 13.9. The molecule has 3 rings (SSSR count). The molecule has 0 aliphatic heterocycles. The molecule has 148 valence electrons. The normalized spacial score (nSPS) is 10.4. The highest BCUT2D eigenvalue weighted by Crippen LogP contribution is 2.29. The zero-order chi connectivity index (χ0) is 21.0. The second-order valence-electron chi connectivity index (χ2n) is 6.07.